The maximum absolute atomic E-state index is 11.9. The summed E-state index contributed by atoms with van der Waals surface area (Å²) in [5.74, 6) is 0.472. The molecule has 1 aromatic heterocycles. The molecule has 0 aliphatic carbocycles. The van der Waals surface area contributed by atoms with E-state index in [1.165, 1.54) is 11.6 Å². The SMILES string of the molecule is C[C@@H](c1ccc(NC(=O)/C=C\c2ccco2)cc1)N1CCOCC1. The van der Waals surface area contributed by atoms with E-state index in [1.807, 2.05) is 12.1 Å². The Morgan fingerprint density at radius 2 is 1.96 bits per heavy atom. The zero-order valence-corrected chi connectivity index (χ0v) is 13.8. The van der Waals surface area contributed by atoms with Crippen LogP contribution in [0.3, 0.4) is 0 Å². The van der Waals surface area contributed by atoms with Crippen LogP contribution in [-0.2, 0) is 9.53 Å². The normalized spacial score (nSPS) is 17.0. The van der Waals surface area contributed by atoms with E-state index in [2.05, 4.69) is 29.3 Å². The van der Waals surface area contributed by atoms with Gasteiger partial charge in [0.15, 0.2) is 0 Å². The van der Waals surface area contributed by atoms with Crippen molar-refractivity contribution in [1.82, 2.24) is 4.90 Å². The first kappa shape index (κ1) is 16.5. The van der Waals surface area contributed by atoms with Crippen LogP contribution in [0.15, 0.2) is 53.2 Å². The maximum atomic E-state index is 11.9. The third-order valence-corrected chi connectivity index (χ3v) is 4.20. The fourth-order valence-electron chi connectivity index (χ4n) is 2.75. The lowest BCUT2D eigenvalue weighted by molar-refractivity contribution is -0.111. The summed E-state index contributed by atoms with van der Waals surface area (Å²) in [5, 5.41) is 2.85. The number of hydrogen-bond acceptors (Lipinski definition) is 4. The molecule has 24 heavy (non-hydrogen) atoms. The van der Waals surface area contributed by atoms with Crippen LogP contribution >= 0.6 is 0 Å². The first-order chi connectivity index (χ1) is 11.7. The number of hydrogen-bond donors (Lipinski definition) is 1. The van der Waals surface area contributed by atoms with E-state index >= 15 is 0 Å². The minimum Gasteiger partial charge on any atom is -0.465 e. The average molecular weight is 326 g/mol. The molecular formula is C19H22N2O3. The van der Waals surface area contributed by atoms with Crippen LogP contribution in [0.1, 0.15) is 24.3 Å². The predicted octanol–water partition coefficient (Wildman–Crippen LogP) is 3.32. The van der Waals surface area contributed by atoms with Crippen LogP contribution in [0.25, 0.3) is 6.08 Å². The summed E-state index contributed by atoms with van der Waals surface area (Å²) in [7, 11) is 0. The van der Waals surface area contributed by atoms with Gasteiger partial charge in [0.05, 0.1) is 19.5 Å². The number of carbonyl (C=O) groups is 1. The summed E-state index contributed by atoms with van der Waals surface area (Å²) in [5.41, 5.74) is 2.02. The lowest BCUT2D eigenvalue weighted by atomic mass is 10.1. The molecule has 0 saturated carbocycles. The number of morpholine rings is 1. The number of anilines is 1. The van der Waals surface area contributed by atoms with Gasteiger partial charge in [0.2, 0.25) is 5.91 Å². The minimum atomic E-state index is -0.180. The van der Waals surface area contributed by atoms with Gasteiger partial charge in [-0.3, -0.25) is 9.69 Å². The number of furan rings is 1. The van der Waals surface area contributed by atoms with Gasteiger partial charge < -0.3 is 14.5 Å². The van der Waals surface area contributed by atoms with Crippen molar-refractivity contribution >= 4 is 17.7 Å². The lowest BCUT2D eigenvalue weighted by Crippen LogP contribution is -2.37. The highest BCUT2D eigenvalue weighted by atomic mass is 16.5. The van der Waals surface area contributed by atoms with E-state index in [0.717, 1.165) is 32.0 Å². The topological polar surface area (TPSA) is 54.7 Å². The summed E-state index contributed by atoms with van der Waals surface area (Å²) >= 11 is 0. The fourth-order valence-corrected chi connectivity index (χ4v) is 2.75. The number of benzene rings is 1. The molecule has 0 bridgehead atoms. The number of rotatable bonds is 5. The Balaban J connectivity index is 1.56. The monoisotopic (exact) mass is 326 g/mol. The predicted molar refractivity (Wildman–Crippen MR) is 93.6 cm³/mol. The van der Waals surface area contributed by atoms with E-state index in [9.17, 15) is 4.79 Å². The molecular weight excluding hydrogens is 304 g/mol. The third-order valence-electron chi connectivity index (χ3n) is 4.20. The smallest absolute Gasteiger partial charge is 0.248 e. The summed E-state index contributed by atoms with van der Waals surface area (Å²) in [4.78, 5) is 14.3. The Hall–Kier alpha value is -2.37. The van der Waals surface area contributed by atoms with Crippen molar-refractivity contribution in [3.8, 4) is 0 Å². The summed E-state index contributed by atoms with van der Waals surface area (Å²) < 4.78 is 10.5. The maximum Gasteiger partial charge on any atom is 0.248 e. The van der Waals surface area contributed by atoms with Gasteiger partial charge in [-0.25, -0.2) is 0 Å². The van der Waals surface area contributed by atoms with Gasteiger partial charge in [-0.1, -0.05) is 12.1 Å². The second kappa shape index (κ2) is 7.95. The zero-order valence-electron chi connectivity index (χ0n) is 13.8. The van der Waals surface area contributed by atoms with Crippen molar-refractivity contribution in [3.05, 3.63) is 60.1 Å². The van der Waals surface area contributed by atoms with E-state index in [4.69, 9.17) is 9.15 Å². The molecule has 1 amide bonds. The highest BCUT2D eigenvalue weighted by Crippen LogP contribution is 2.22. The van der Waals surface area contributed by atoms with Crippen LogP contribution in [0, 0.1) is 0 Å². The molecule has 1 aromatic carbocycles. The van der Waals surface area contributed by atoms with Gasteiger partial charge in [-0.05, 0) is 42.8 Å². The van der Waals surface area contributed by atoms with Crippen molar-refractivity contribution in [2.75, 3.05) is 31.6 Å². The highest BCUT2D eigenvalue weighted by molar-refractivity contribution is 6.01. The highest BCUT2D eigenvalue weighted by Gasteiger charge is 2.18. The van der Waals surface area contributed by atoms with Gasteiger partial charge in [-0.2, -0.15) is 0 Å². The van der Waals surface area contributed by atoms with Gasteiger partial charge in [-0.15, -0.1) is 0 Å². The standard InChI is InChI=1S/C19H22N2O3/c1-15(21-10-13-23-14-11-21)16-4-6-17(7-5-16)20-19(22)9-8-18-3-2-12-24-18/h2-9,12,15H,10-11,13-14H2,1H3,(H,20,22)/b9-8-/t15-/m0/s1. The Bertz CT molecular complexity index is 671. The molecule has 1 aliphatic rings. The molecule has 1 aliphatic heterocycles. The Morgan fingerprint density at radius 3 is 2.62 bits per heavy atom. The van der Waals surface area contributed by atoms with Crippen LogP contribution in [0.4, 0.5) is 5.69 Å². The number of nitrogens with zero attached hydrogens (tertiary/aromatic N) is 1. The molecule has 5 heteroatoms. The van der Waals surface area contributed by atoms with E-state index in [-0.39, 0.29) is 5.91 Å². The molecule has 0 spiro atoms. The van der Waals surface area contributed by atoms with Crippen LogP contribution in [0.5, 0.6) is 0 Å². The first-order valence-corrected chi connectivity index (χ1v) is 8.17. The van der Waals surface area contributed by atoms with Crippen molar-refractivity contribution in [3.63, 3.8) is 0 Å². The Labute approximate surface area is 141 Å². The fraction of sp³-hybridized carbons (Fsp3) is 0.316. The van der Waals surface area contributed by atoms with Crippen LogP contribution in [-0.4, -0.2) is 37.1 Å². The number of amides is 1. The average Bonchev–Trinajstić information content (AvgIpc) is 3.14. The largest absolute Gasteiger partial charge is 0.465 e. The molecule has 1 N–H and O–H groups in total. The molecule has 2 aromatic rings. The Kier molecular flexibility index (Phi) is 5.46. The zero-order chi connectivity index (χ0) is 16.8. The van der Waals surface area contributed by atoms with Crippen molar-refractivity contribution < 1.29 is 13.9 Å². The molecule has 5 nitrogen and oxygen atoms in total. The molecule has 0 radical (unpaired) electrons. The summed E-state index contributed by atoms with van der Waals surface area (Å²) in [6, 6.07) is 11.9. The molecule has 126 valence electrons. The second-order valence-corrected chi connectivity index (χ2v) is 5.78. The number of carbonyl (C=O) groups excluding carboxylic acids is 1. The molecule has 1 fully saturated rings. The minimum absolute atomic E-state index is 0.180. The van der Waals surface area contributed by atoms with Gasteiger partial charge in [0.25, 0.3) is 0 Å². The van der Waals surface area contributed by atoms with E-state index < -0.39 is 0 Å². The van der Waals surface area contributed by atoms with Gasteiger partial charge in [0, 0.05) is 30.9 Å². The van der Waals surface area contributed by atoms with Crippen molar-refractivity contribution in [1.29, 1.82) is 0 Å². The summed E-state index contributed by atoms with van der Waals surface area (Å²) in [6.07, 6.45) is 4.68. The first-order valence-electron chi connectivity index (χ1n) is 8.17. The van der Waals surface area contributed by atoms with Crippen LogP contribution < -0.4 is 5.32 Å². The molecule has 2 heterocycles. The number of nitrogens with one attached hydrogen (secondary N) is 1. The molecule has 0 unspecified atom stereocenters. The van der Waals surface area contributed by atoms with Gasteiger partial charge >= 0.3 is 0 Å². The van der Waals surface area contributed by atoms with Crippen molar-refractivity contribution in [2.45, 2.75) is 13.0 Å². The van der Waals surface area contributed by atoms with E-state index in [1.54, 1.807) is 24.5 Å². The quantitative estimate of drug-likeness (QED) is 0.856. The second-order valence-electron chi connectivity index (χ2n) is 5.78. The molecule has 3 rings (SSSR count). The molecule has 1 saturated heterocycles. The van der Waals surface area contributed by atoms with Gasteiger partial charge in [0.1, 0.15) is 5.76 Å². The summed E-state index contributed by atoms with van der Waals surface area (Å²) in [6.45, 7) is 5.69. The van der Waals surface area contributed by atoms with E-state index in [0.29, 0.717) is 11.8 Å². The Morgan fingerprint density at radius 1 is 1.21 bits per heavy atom. The van der Waals surface area contributed by atoms with Crippen molar-refractivity contribution in [2.24, 2.45) is 0 Å². The molecule has 1 atom stereocenters. The third kappa shape index (κ3) is 4.34. The van der Waals surface area contributed by atoms with Crippen LogP contribution in [0.2, 0.25) is 0 Å². The number of ether oxygens (including phenoxy) is 1. The lowest BCUT2D eigenvalue weighted by Gasteiger charge is -2.32.